The van der Waals surface area contributed by atoms with Gasteiger partial charge in [0.15, 0.2) is 4.80 Å². The highest BCUT2D eigenvalue weighted by Gasteiger charge is 2.15. The smallest absolute Gasteiger partial charge is 0.337 e. The number of fused-ring (bicyclic) bond motifs is 1. The number of carbonyl (C=O) groups is 1. The summed E-state index contributed by atoms with van der Waals surface area (Å²) in [5, 5.41) is 10.7. The molecule has 29 heavy (non-hydrogen) atoms. The Kier molecular flexibility index (Phi) is 5.14. The van der Waals surface area contributed by atoms with Crippen LogP contribution in [0.4, 0.5) is 11.4 Å². The van der Waals surface area contributed by atoms with E-state index in [2.05, 4.69) is 9.98 Å². The van der Waals surface area contributed by atoms with Crippen LogP contribution in [0.5, 0.6) is 5.88 Å². The molecule has 2 aromatic carbocycles. The topological polar surface area (TPSA) is 76.2 Å². The van der Waals surface area contributed by atoms with Gasteiger partial charge in [-0.2, -0.15) is 0 Å². The summed E-state index contributed by atoms with van der Waals surface area (Å²) in [4.78, 5) is 22.0. The molecule has 0 amide bonds. The first kappa shape index (κ1) is 18.9. The summed E-state index contributed by atoms with van der Waals surface area (Å²) in [5.74, 6) is -0.214. The van der Waals surface area contributed by atoms with Crippen LogP contribution in [-0.4, -0.2) is 29.0 Å². The third kappa shape index (κ3) is 3.64. The van der Waals surface area contributed by atoms with Crippen molar-refractivity contribution in [2.45, 2.75) is 13.5 Å². The maximum atomic E-state index is 11.6. The number of ether oxygens (including phenoxy) is 1. The minimum absolute atomic E-state index is 0.174. The zero-order chi connectivity index (χ0) is 20.4. The number of aromatic hydroxyl groups is 1. The van der Waals surface area contributed by atoms with Gasteiger partial charge < -0.3 is 9.84 Å². The summed E-state index contributed by atoms with van der Waals surface area (Å²) in [5.41, 5.74) is 4.07. The largest absolute Gasteiger partial charge is 0.493 e. The van der Waals surface area contributed by atoms with Crippen LogP contribution in [0.25, 0.3) is 11.6 Å². The van der Waals surface area contributed by atoms with Gasteiger partial charge in [0.25, 0.3) is 0 Å². The molecule has 0 saturated heterocycles. The van der Waals surface area contributed by atoms with E-state index in [1.165, 1.54) is 18.4 Å². The molecule has 6 nitrogen and oxygen atoms in total. The number of aromatic nitrogens is 1. The van der Waals surface area contributed by atoms with Gasteiger partial charge in [-0.25, -0.2) is 9.79 Å². The number of carbonyl (C=O) groups excluding carboxylic acids is 1. The number of hydrogen-bond acceptors (Lipinski definition) is 6. The Morgan fingerprint density at radius 1 is 1.24 bits per heavy atom. The number of thiazole rings is 1. The Hall–Kier alpha value is -3.45. The second-order valence-electron chi connectivity index (χ2n) is 6.34. The summed E-state index contributed by atoms with van der Waals surface area (Å²) in [6, 6.07) is 14.7. The molecule has 0 spiro atoms. The Labute approximate surface area is 171 Å². The number of methoxy groups -OCH3 is 1. The Morgan fingerprint density at radius 2 is 2.00 bits per heavy atom. The van der Waals surface area contributed by atoms with Crippen LogP contribution in [0.3, 0.4) is 0 Å². The van der Waals surface area contributed by atoms with Crippen LogP contribution in [-0.2, 0) is 11.3 Å². The van der Waals surface area contributed by atoms with Gasteiger partial charge in [-0.1, -0.05) is 29.5 Å². The first-order valence-corrected chi connectivity index (χ1v) is 9.93. The van der Waals surface area contributed by atoms with Crippen molar-refractivity contribution in [1.29, 1.82) is 0 Å². The highest BCUT2D eigenvalue weighted by Crippen LogP contribution is 2.34. The van der Waals surface area contributed by atoms with E-state index in [9.17, 15) is 9.90 Å². The van der Waals surface area contributed by atoms with Crippen molar-refractivity contribution in [2.75, 3.05) is 7.11 Å². The molecule has 2 heterocycles. The summed E-state index contributed by atoms with van der Waals surface area (Å²) < 4.78 is 6.47. The fraction of sp³-hybridized carbons (Fsp3) is 0.136. The zero-order valence-electron chi connectivity index (χ0n) is 16.0. The first-order chi connectivity index (χ1) is 14.1. The molecule has 146 valence electrons. The fourth-order valence-corrected chi connectivity index (χ4v) is 4.14. The van der Waals surface area contributed by atoms with Crippen molar-refractivity contribution >= 4 is 46.5 Å². The van der Waals surface area contributed by atoms with Crippen LogP contribution in [0, 0.1) is 0 Å². The lowest BCUT2D eigenvalue weighted by Crippen LogP contribution is -2.12. The minimum Gasteiger partial charge on any atom is -0.493 e. The van der Waals surface area contributed by atoms with Crippen LogP contribution < -0.4 is 4.80 Å². The van der Waals surface area contributed by atoms with E-state index in [4.69, 9.17) is 4.74 Å². The summed E-state index contributed by atoms with van der Waals surface area (Å²) in [7, 11) is 1.35. The molecule has 0 atom stereocenters. The van der Waals surface area contributed by atoms with Gasteiger partial charge in [0.1, 0.15) is 0 Å². The number of nitrogens with zero attached hydrogens (tertiary/aromatic N) is 3. The Morgan fingerprint density at radius 3 is 2.72 bits per heavy atom. The molecule has 4 rings (SSSR count). The maximum absolute atomic E-state index is 11.6. The molecule has 3 aromatic rings. The molecular weight excluding hydrogens is 386 g/mol. The Balaban J connectivity index is 1.73. The summed E-state index contributed by atoms with van der Waals surface area (Å²) in [6.45, 7) is 2.53. The normalized spacial score (nSPS) is 14.4. The van der Waals surface area contributed by atoms with Crippen molar-refractivity contribution in [3.05, 3.63) is 69.3 Å². The molecule has 7 heteroatoms. The standard InChI is InChI=1S/C22H19N3O3S/c1-3-25-20(26)19(12-15-13-23-18-7-5-4-6-17(15)18)29-22(25)24-16-10-8-14(9-11-16)21(27)28-2/h4-13,26H,3H2,1-2H3. The number of rotatable bonds is 4. The molecular formula is C22H19N3O3S. The van der Waals surface area contributed by atoms with E-state index in [-0.39, 0.29) is 11.8 Å². The maximum Gasteiger partial charge on any atom is 0.337 e. The van der Waals surface area contributed by atoms with E-state index in [1.54, 1.807) is 28.8 Å². The number of para-hydroxylation sites is 1. The average molecular weight is 405 g/mol. The van der Waals surface area contributed by atoms with E-state index in [0.717, 1.165) is 21.7 Å². The predicted molar refractivity (Wildman–Crippen MR) is 115 cm³/mol. The molecule has 0 aliphatic carbocycles. The van der Waals surface area contributed by atoms with Gasteiger partial charge in [0.05, 0.1) is 28.9 Å². The molecule has 0 unspecified atom stereocenters. The molecule has 1 N–H and O–H groups in total. The molecule has 1 aromatic heterocycles. The Bertz CT molecular complexity index is 1200. The van der Waals surface area contributed by atoms with Crippen LogP contribution in [0.2, 0.25) is 0 Å². The van der Waals surface area contributed by atoms with E-state index >= 15 is 0 Å². The van der Waals surface area contributed by atoms with Crippen molar-refractivity contribution in [3.8, 4) is 5.88 Å². The number of allylic oxidation sites excluding steroid dienone is 1. The second-order valence-corrected chi connectivity index (χ2v) is 7.35. The first-order valence-electron chi connectivity index (χ1n) is 9.11. The number of aliphatic imine (C=N–C) groups is 1. The van der Waals surface area contributed by atoms with Gasteiger partial charge >= 0.3 is 5.97 Å². The lowest BCUT2D eigenvalue weighted by molar-refractivity contribution is 0.0601. The van der Waals surface area contributed by atoms with Gasteiger partial charge in [0, 0.05) is 23.9 Å². The van der Waals surface area contributed by atoms with E-state index in [1.807, 2.05) is 43.5 Å². The van der Waals surface area contributed by atoms with Gasteiger partial charge in [0.2, 0.25) is 5.88 Å². The number of hydrogen-bond donors (Lipinski definition) is 1. The van der Waals surface area contributed by atoms with Crippen molar-refractivity contribution < 1.29 is 14.6 Å². The highest BCUT2D eigenvalue weighted by molar-refractivity contribution is 7.10. The number of esters is 1. The molecule has 1 aliphatic heterocycles. The van der Waals surface area contributed by atoms with Crippen LogP contribution in [0.15, 0.2) is 58.5 Å². The van der Waals surface area contributed by atoms with Gasteiger partial charge in [-0.15, -0.1) is 0 Å². The lowest BCUT2D eigenvalue weighted by Gasteiger charge is -2.01. The summed E-state index contributed by atoms with van der Waals surface area (Å²) >= 11 is 1.40. The molecule has 0 fully saturated rings. The molecule has 0 radical (unpaired) electrons. The highest BCUT2D eigenvalue weighted by atomic mass is 32.1. The quantitative estimate of drug-likeness (QED) is 0.647. The van der Waals surface area contributed by atoms with Crippen molar-refractivity contribution in [1.82, 2.24) is 4.57 Å². The second kappa shape index (κ2) is 7.89. The monoisotopic (exact) mass is 405 g/mol. The van der Waals surface area contributed by atoms with Crippen molar-refractivity contribution in [3.63, 3.8) is 0 Å². The van der Waals surface area contributed by atoms with Crippen LogP contribution in [0.1, 0.15) is 27.7 Å². The third-order valence-corrected chi connectivity index (χ3v) is 5.60. The lowest BCUT2D eigenvalue weighted by atomic mass is 10.1. The van der Waals surface area contributed by atoms with Gasteiger partial charge in [-0.3, -0.25) is 9.56 Å². The average Bonchev–Trinajstić information content (AvgIpc) is 3.29. The minimum atomic E-state index is -0.388. The van der Waals surface area contributed by atoms with E-state index < -0.39 is 0 Å². The molecule has 0 saturated carbocycles. The van der Waals surface area contributed by atoms with Crippen molar-refractivity contribution in [2.24, 2.45) is 9.98 Å². The predicted octanol–water partition coefficient (Wildman–Crippen LogP) is 4.55. The summed E-state index contributed by atoms with van der Waals surface area (Å²) in [6.07, 6.45) is 3.74. The molecule has 0 bridgehead atoms. The third-order valence-electron chi connectivity index (χ3n) is 4.58. The van der Waals surface area contributed by atoms with Gasteiger partial charge in [-0.05, 0) is 43.3 Å². The molecule has 1 aliphatic rings. The van der Waals surface area contributed by atoms with Crippen LogP contribution >= 0.6 is 11.3 Å². The fourth-order valence-electron chi connectivity index (χ4n) is 3.08. The van der Waals surface area contributed by atoms with E-state index in [0.29, 0.717) is 22.6 Å². The number of benzene rings is 2. The zero-order valence-corrected chi connectivity index (χ0v) is 16.8. The SMILES string of the molecule is CCn1c(O)c(C=C2C=Nc3ccccc32)sc1=Nc1ccc(C(=O)OC)cc1.